The Balaban J connectivity index is 2.88. The molecule has 5 heteroatoms. The summed E-state index contributed by atoms with van der Waals surface area (Å²) in [6.07, 6.45) is 1.26. The minimum Gasteiger partial charge on any atom is -0.461 e. The molecular weight excluding hydrogens is 180 g/mol. The third-order valence-electron chi connectivity index (χ3n) is 1.21. The molecule has 0 fully saturated rings. The Morgan fingerprint density at radius 3 is 3.00 bits per heavy atom. The largest absolute Gasteiger partial charge is 0.461 e. The van der Waals surface area contributed by atoms with Crippen LogP contribution < -0.4 is 4.74 Å². The number of nitrogens with zero attached hydrogens (tertiary/aromatic N) is 2. The van der Waals surface area contributed by atoms with Gasteiger partial charge in [-0.15, -0.1) is 0 Å². The van der Waals surface area contributed by atoms with E-state index >= 15 is 0 Å². The van der Waals surface area contributed by atoms with Crippen LogP contribution in [0.4, 0.5) is 0 Å². The van der Waals surface area contributed by atoms with Crippen LogP contribution in [-0.2, 0) is 0 Å². The van der Waals surface area contributed by atoms with Crippen molar-refractivity contribution >= 4 is 17.4 Å². The van der Waals surface area contributed by atoms with E-state index in [0.717, 1.165) is 0 Å². The highest BCUT2D eigenvalue weighted by atomic mass is 35.5. The summed E-state index contributed by atoms with van der Waals surface area (Å²) in [5.41, 5.74) is 0.324. The topological polar surface area (TPSA) is 52.1 Å². The first kappa shape index (κ1) is 8.93. The van der Waals surface area contributed by atoms with E-state index in [1.807, 2.05) is 0 Å². The normalized spacial score (nSPS) is 9.50. The maximum absolute atomic E-state index is 10.8. The smallest absolute Gasteiger partial charge is 0.218 e. The predicted molar refractivity (Wildman–Crippen MR) is 43.4 cm³/mol. The first-order chi connectivity index (χ1) is 5.74. The van der Waals surface area contributed by atoms with Crippen LogP contribution in [0.1, 0.15) is 17.4 Å². The van der Waals surface area contributed by atoms with Crippen molar-refractivity contribution in [1.82, 2.24) is 9.97 Å². The molecule has 0 radical (unpaired) electrons. The number of ketones is 1. The zero-order chi connectivity index (χ0) is 8.97. The molecule has 0 bridgehead atoms. The molecule has 0 amide bonds. The van der Waals surface area contributed by atoms with Gasteiger partial charge in [-0.1, -0.05) is 11.6 Å². The van der Waals surface area contributed by atoms with E-state index in [1.54, 1.807) is 0 Å². The summed E-state index contributed by atoms with van der Waals surface area (Å²) in [6, 6.07) is 1.46. The van der Waals surface area contributed by atoms with Gasteiger partial charge >= 0.3 is 0 Å². The third kappa shape index (κ3) is 2.17. The summed E-state index contributed by atoms with van der Waals surface area (Å²) < 4.78 is 4.86. The summed E-state index contributed by atoms with van der Waals surface area (Å²) in [4.78, 5) is 18.3. The Hall–Kier alpha value is -1.16. The fourth-order valence-electron chi connectivity index (χ4n) is 0.667. The van der Waals surface area contributed by atoms with E-state index in [4.69, 9.17) is 16.3 Å². The van der Waals surface area contributed by atoms with Crippen molar-refractivity contribution in [2.45, 2.75) is 6.92 Å². The zero-order valence-electron chi connectivity index (χ0n) is 6.45. The number of hydrogen-bond acceptors (Lipinski definition) is 4. The van der Waals surface area contributed by atoms with Crippen LogP contribution in [0.2, 0.25) is 0 Å². The van der Waals surface area contributed by atoms with Gasteiger partial charge in [0.1, 0.15) is 12.0 Å². The Labute approximate surface area is 74.5 Å². The molecule has 4 nitrogen and oxygen atoms in total. The molecule has 0 aromatic carbocycles. The van der Waals surface area contributed by atoms with E-state index in [0.29, 0.717) is 11.6 Å². The molecule has 1 aromatic heterocycles. The first-order valence-electron chi connectivity index (χ1n) is 3.26. The van der Waals surface area contributed by atoms with Gasteiger partial charge in [-0.2, -0.15) is 0 Å². The second kappa shape index (κ2) is 4.01. The van der Waals surface area contributed by atoms with Crippen molar-refractivity contribution in [3.63, 3.8) is 0 Å². The number of alkyl halides is 1. The lowest BCUT2D eigenvalue weighted by Crippen LogP contribution is -1.99. The monoisotopic (exact) mass is 186 g/mol. The SMILES string of the molecule is CC(=O)c1cc(OCCl)ncn1. The molecule has 0 aliphatic rings. The molecule has 1 aromatic rings. The maximum Gasteiger partial charge on any atom is 0.218 e. The van der Waals surface area contributed by atoms with Gasteiger partial charge in [-0.3, -0.25) is 4.79 Å². The van der Waals surface area contributed by atoms with Crippen molar-refractivity contribution in [2.24, 2.45) is 0 Å². The average molecular weight is 187 g/mol. The Morgan fingerprint density at radius 2 is 2.42 bits per heavy atom. The Kier molecular flexibility index (Phi) is 2.99. The Bertz CT molecular complexity index is 290. The molecule has 0 aliphatic carbocycles. The first-order valence-corrected chi connectivity index (χ1v) is 3.79. The Morgan fingerprint density at radius 1 is 1.67 bits per heavy atom. The highest BCUT2D eigenvalue weighted by Crippen LogP contribution is 2.07. The van der Waals surface area contributed by atoms with E-state index in [-0.39, 0.29) is 11.8 Å². The van der Waals surface area contributed by atoms with Gasteiger partial charge in [0.2, 0.25) is 5.88 Å². The van der Waals surface area contributed by atoms with Gasteiger partial charge in [0.15, 0.2) is 11.8 Å². The van der Waals surface area contributed by atoms with Crippen molar-refractivity contribution in [3.8, 4) is 5.88 Å². The number of rotatable bonds is 3. The minimum atomic E-state index is -0.128. The minimum absolute atomic E-state index is 0.00829. The highest BCUT2D eigenvalue weighted by Gasteiger charge is 2.02. The number of aromatic nitrogens is 2. The molecular formula is C7H7ClN2O2. The fraction of sp³-hybridized carbons (Fsp3) is 0.286. The van der Waals surface area contributed by atoms with Crippen LogP contribution in [0, 0.1) is 0 Å². The molecule has 0 N–H and O–H groups in total. The average Bonchev–Trinajstić information content (AvgIpc) is 2.05. The number of ether oxygens (including phenoxy) is 1. The molecule has 0 saturated heterocycles. The molecule has 0 unspecified atom stereocenters. The van der Waals surface area contributed by atoms with Crippen LogP contribution in [0.25, 0.3) is 0 Å². The summed E-state index contributed by atoms with van der Waals surface area (Å²) in [5, 5.41) is 0. The lowest BCUT2D eigenvalue weighted by molar-refractivity contribution is 0.101. The molecule has 64 valence electrons. The molecule has 12 heavy (non-hydrogen) atoms. The van der Waals surface area contributed by atoms with E-state index in [1.165, 1.54) is 19.3 Å². The van der Waals surface area contributed by atoms with Gasteiger partial charge in [0.05, 0.1) is 0 Å². The fourth-order valence-corrected chi connectivity index (χ4v) is 0.779. The molecule has 0 aliphatic heterocycles. The summed E-state index contributed by atoms with van der Waals surface area (Å²) in [5.74, 6) is 0.182. The number of carbonyl (C=O) groups excluding carboxylic acids is 1. The van der Waals surface area contributed by atoms with Gasteiger partial charge in [0, 0.05) is 13.0 Å². The van der Waals surface area contributed by atoms with Crippen molar-refractivity contribution < 1.29 is 9.53 Å². The number of Topliss-reactive ketones (excluding diaryl/α,β-unsaturated/α-hetero) is 1. The maximum atomic E-state index is 10.8. The standard InChI is InChI=1S/C7H7ClN2O2/c1-5(11)6-2-7(12-3-8)10-4-9-6/h2,4H,3H2,1H3. The van der Waals surface area contributed by atoms with Crippen LogP contribution in [-0.4, -0.2) is 21.8 Å². The second-order valence-corrected chi connectivity index (χ2v) is 2.27. The number of carbonyl (C=O) groups is 1. The quantitative estimate of drug-likeness (QED) is 0.527. The highest BCUT2D eigenvalue weighted by molar-refractivity contribution is 6.17. The molecule has 1 rings (SSSR count). The molecule has 1 heterocycles. The molecule has 0 atom stereocenters. The van der Waals surface area contributed by atoms with Crippen molar-refractivity contribution in [3.05, 3.63) is 18.1 Å². The number of hydrogen-bond donors (Lipinski definition) is 0. The van der Waals surface area contributed by atoms with Crippen molar-refractivity contribution in [1.29, 1.82) is 0 Å². The lowest BCUT2D eigenvalue weighted by Gasteiger charge is -1.99. The van der Waals surface area contributed by atoms with E-state index < -0.39 is 0 Å². The van der Waals surface area contributed by atoms with Crippen LogP contribution in [0.5, 0.6) is 5.88 Å². The van der Waals surface area contributed by atoms with Gasteiger partial charge in [-0.05, 0) is 0 Å². The van der Waals surface area contributed by atoms with Crippen LogP contribution >= 0.6 is 11.6 Å². The van der Waals surface area contributed by atoms with Gasteiger partial charge in [-0.25, -0.2) is 9.97 Å². The summed E-state index contributed by atoms with van der Waals surface area (Å²) in [7, 11) is 0. The van der Waals surface area contributed by atoms with Crippen LogP contribution in [0.3, 0.4) is 0 Å². The molecule has 0 saturated carbocycles. The predicted octanol–water partition coefficient (Wildman–Crippen LogP) is 1.25. The van der Waals surface area contributed by atoms with E-state index in [2.05, 4.69) is 9.97 Å². The van der Waals surface area contributed by atoms with E-state index in [9.17, 15) is 4.79 Å². The third-order valence-corrected chi connectivity index (χ3v) is 1.31. The molecule has 0 spiro atoms. The summed E-state index contributed by atoms with van der Waals surface area (Å²) >= 11 is 5.30. The number of halogens is 1. The summed E-state index contributed by atoms with van der Waals surface area (Å²) in [6.45, 7) is 1.42. The lowest BCUT2D eigenvalue weighted by atomic mass is 10.3. The van der Waals surface area contributed by atoms with Crippen LogP contribution in [0.15, 0.2) is 12.4 Å². The zero-order valence-corrected chi connectivity index (χ0v) is 7.21. The van der Waals surface area contributed by atoms with Gasteiger partial charge in [0.25, 0.3) is 0 Å². The van der Waals surface area contributed by atoms with Gasteiger partial charge < -0.3 is 4.74 Å². The van der Waals surface area contributed by atoms with Crippen molar-refractivity contribution in [2.75, 3.05) is 6.07 Å². The second-order valence-electron chi connectivity index (χ2n) is 2.05.